The highest BCUT2D eigenvalue weighted by atomic mass is 19.4. The first kappa shape index (κ1) is 18.6. The monoisotopic (exact) mass is 378 g/mol. The van der Waals surface area contributed by atoms with Gasteiger partial charge < -0.3 is 16.3 Å². The van der Waals surface area contributed by atoms with Crippen molar-refractivity contribution in [3.8, 4) is 0 Å². The molecule has 0 amide bonds. The summed E-state index contributed by atoms with van der Waals surface area (Å²) in [6, 6.07) is 12.1. The van der Waals surface area contributed by atoms with E-state index in [2.05, 4.69) is 0 Å². The number of nitrogens with two attached hydrogens (primary N) is 2. The fourth-order valence-electron chi connectivity index (χ4n) is 3.22. The van der Waals surface area contributed by atoms with Crippen molar-refractivity contribution in [3.05, 3.63) is 76.8 Å². The van der Waals surface area contributed by atoms with Crippen LogP contribution in [-0.4, -0.2) is 10.6 Å². The third-order valence-corrected chi connectivity index (χ3v) is 4.60. The molecule has 0 aliphatic carbocycles. The molecule has 2 aliphatic heterocycles. The molecule has 0 saturated carbocycles. The molecule has 0 fully saturated rings. The Labute approximate surface area is 152 Å². The van der Waals surface area contributed by atoms with Crippen molar-refractivity contribution in [1.29, 1.82) is 0 Å². The number of aliphatic hydroxyl groups excluding tert-OH is 1. The molecule has 6 nitrogen and oxygen atoms in total. The van der Waals surface area contributed by atoms with Gasteiger partial charge >= 0.3 is 6.18 Å². The van der Waals surface area contributed by atoms with Gasteiger partial charge in [0.05, 0.1) is 5.56 Å². The molecule has 2 aromatic carbocycles. The summed E-state index contributed by atoms with van der Waals surface area (Å²) in [7, 11) is 0. The van der Waals surface area contributed by atoms with Gasteiger partial charge in [0.25, 0.3) is 5.88 Å². The topological polar surface area (TPSA) is 99.3 Å². The fourth-order valence-corrected chi connectivity index (χ4v) is 3.22. The predicted molar refractivity (Wildman–Crippen MR) is 93.1 cm³/mol. The molecule has 0 unspecified atom stereocenters. The maximum absolute atomic E-state index is 12.8. The van der Waals surface area contributed by atoms with Crippen LogP contribution in [0.2, 0.25) is 0 Å². The summed E-state index contributed by atoms with van der Waals surface area (Å²) in [4.78, 5) is 0. The minimum Gasteiger partial charge on any atom is -0.870 e. The smallest absolute Gasteiger partial charge is 0.416 e. The number of rotatable bonds is 1. The van der Waals surface area contributed by atoms with Crippen LogP contribution in [0.3, 0.4) is 0 Å². The fraction of sp³-hybridized carbons (Fsp3) is 0.111. The number of halogens is 3. The van der Waals surface area contributed by atoms with E-state index in [1.54, 1.807) is 17.5 Å². The molecule has 2 aliphatic rings. The molecule has 0 spiro atoms. The van der Waals surface area contributed by atoms with Crippen molar-refractivity contribution in [2.24, 2.45) is 5.73 Å². The predicted octanol–water partition coefficient (Wildman–Crippen LogP) is 2.68. The van der Waals surface area contributed by atoms with Crippen molar-refractivity contribution in [2.45, 2.75) is 13.1 Å². The van der Waals surface area contributed by atoms with Gasteiger partial charge in [-0.25, -0.2) is 0 Å². The van der Waals surface area contributed by atoms with Crippen LogP contribution in [0.5, 0.6) is 0 Å². The van der Waals surface area contributed by atoms with E-state index in [9.17, 15) is 18.3 Å². The van der Waals surface area contributed by atoms with Crippen LogP contribution in [0, 0.1) is 0 Å². The van der Waals surface area contributed by atoms with E-state index < -0.39 is 11.7 Å². The molecule has 0 radical (unpaired) electrons. The number of alkyl halides is 3. The Morgan fingerprint density at radius 2 is 1.63 bits per heavy atom. The Bertz CT molecular complexity index is 952. The number of quaternary nitrogens is 1. The van der Waals surface area contributed by atoms with E-state index in [1.165, 1.54) is 17.1 Å². The highest BCUT2D eigenvalue weighted by Crippen LogP contribution is 2.39. The Kier molecular flexibility index (Phi) is 4.29. The molecule has 0 atom stereocenters. The standard InChI is InChI=1S/C18H15F3N4O.H2O/c1-10-15(22)13-4-2-3-5-14(13)25-16(10)17(26)24(23-25)12-8-6-11(7-9-12)18(19,20)21;/h2-9,23,26H,22H2,1H3;1H2. The molecule has 0 bridgehead atoms. The van der Waals surface area contributed by atoms with Gasteiger partial charge in [-0.1, -0.05) is 18.2 Å². The van der Waals surface area contributed by atoms with Crippen molar-refractivity contribution in [3.63, 3.8) is 0 Å². The molecule has 9 heteroatoms. The molecule has 0 aromatic heterocycles. The average molecular weight is 378 g/mol. The van der Waals surface area contributed by atoms with E-state index in [4.69, 9.17) is 5.73 Å². The van der Waals surface area contributed by atoms with Gasteiger partial charge in [-0.3, -0.25) is 0 Å². The van der Waals surface area contributed by atoms with Gasteiger partial charge in [-0.2, -0.15) is 18.2 Å². The van der Waals surface area contributed by atoms with E-state index >= 15 is 0 Å². The third-order valence-electron chi connectivity index (χ3n) is 4.60. The van der Waals surface area contributed by atoms with Crippen LogP contribution in [0.15, 0.2) is 65.7 Å². The number of hydrogen-bond acceptors (Lipinski definition) is 5. The summed E-state index contributed by atoms with van der Waals surface area (Å²) in [5.41, 5.74) is 10.9. The van der Waals surface area contributed by atoms with E-state index in [0.717, 1.165) is 23.4 Å². The van der Waals surface area contributed by atoms with E-state index in [1.807, 2.05) is 24.3 Å². The first-order valence-corrected chi connectivity index (χ1v) is 7.89. The number of nitrogens with zero attached hydrogens (tertiary/aromatic N) is 2. The molecular weight excluding hydrogens is 361 g/mol. The van der Waals surface area contributed by atoms with Crippen LogP contribution < -0.4 is 21.3 Å². The van der Waals surface area contributed by atoms with Gasteiger partial charge in [0.2, 0.25) is 0 Å². The maximum atomic E-state index is 12.8. The van der Waals surface area contributed by atoms with Gasteiger partial charge in [-0.15, -0.1) is 10.5 Å². The largest absolute Gasteiger partial charge is 0.870 e. The summed E-state index contributed by atoms with van der Waals surface area (Å²) in [6.45, 7) is 1.80. The number of aliphatic hydroxyl groups is 1. The second-order valence-electron chi connectivity index (χ2n) is 6.13. The second kappa shape index (κ2) is 6.22. The Morgan fingerprint density at radius 1 is 1.00 bits per heavy atom. The third kappa shape index (κ3) is 2.77. The highest BCUT2D eigenvalue weighted by Gasteiger charge is 2.41. The lowest BCUT2D eigenvalue weighted by Crippen LogP contribution is -2.99. The normalized spacial score (nSPS) is 16.3. The zero-order chi connectivity index (χ0) is 18.6. The molecule has 142 valence electrons. The molecule has 4 rings (SSSR count). The molecule has 2 heterocycles. The lowest BCUT2D eigenvalue weighted by molar-refractivity contribution is -0.661. The zero-order valence-electron chi connectivity index (χ0n) is 14.2. The maximum Gasteiger partial charge on any atom is 0.416 e. The molecule has 27 heavy (non-hydrogen) atoms. The van der Waals surface area contributed by atoms with Crippen LogP contribution in [0.1, 0.15) is 18.1 Å². The Balaban J connectivity index is 0.00000210. The van der Waals surface area contributed by atoms with Crippen molar-refractivity contribution >= 4 is 17.1 Å². The first-order chi connectivity index (χ1) is 12.3. The van der Waals surface area contributed by atoms with Crippen LogP contribution in [-0.2, 0) is 6.18 Å². The average Bonchev–Trinajstić information content (AvgIpc) is 2.97. The lowest BCUT2D eigenvalue weighted by Gasteiger charge is -2.26. The van der Waals surface area contributed by atoms with Gasteiger partial charge in [0.15, 0.2) is 5.70 Å². The minimum absolute atomic E-state index is 0. The van der Waals surface area contributed by atoms with Crippen molar-refractivity contribution < 1.29 is 29.3 Å². The zero-order valence-corrected chi connectivity index (χ0v) is 14.2. The van der Waals surface area contributed by atoms with E-state index in [-0.39, 0.29) is 11.4 Å². The minimum atomic E-state index is -4.40. The first-order valence-electron chi connectivity index (χ1n) is 7.89. The summed E-state index contributed by atoms with van der Waals surface area (Å²) in [6.07, 6.45) is -4.40. The number of hydrogen-bond donors (Lipinski definition) is 3. The summed E-state index contributed by atoms with van der Waals surface area (Å²) >= 11 is 0. The molecule has 0 saturated heterocycles. The second-order valence-corrected chi connectivity index (χ2v) is 6.13. The molecular formula is C18H17F3N4O2. The Hall–Kier alpha value is -3.17. The quantitative estimate of drug-likeness (QED) is 0.663. The van der Waals surface area contributed by atoms with E-state index in [0.29, 0.717) is 22.7 Å². The number of fused-ring (bicyclic) bond motifs is 3. The van der Waals surface area contributed by atoms with Crippen molar-refractivity contribution in [2.75, 3.05) is 10.0 Å². The van der Waals surface area contributed by atoms with Gasteiger partial charge in [0, 0.05) is 16.8 Å². The summed E-state index contributed by atoms with van der Waals surface area (Å²) in [5.74, 6) is -0.0836. The van der Waals surface area contributed by atoms with Gasteiger partial charge in [-0.05, 0) is 37.3 Å². The van der Waals surface area contributed by atoms with Crippen molar-refractivity contribution in [1.82, 2.24) is 0 Å². The van der Waals surface area contributed by atoms with Crippen LogP contribution in [0.4, 0.5) is 24.5 Å². The van der Waals surface area contributed by atoms with Crippen LogP contribution >= 0.6 is 0 Å². The SMILES string of the molecule is CC1=C(N)c2ccccc2N2[NH2+]N(c3ccc(C(F)(F)F)cc3)C(O)=C12.[OH-]. The Morgan fingerprint density at radius 3 is 2.26 bits per heavy atom. The molecule has 2 aromatic rings. The number of benzene rings is 2. The number of allylic oxidation sites excluding steroid dienone is 1. The highest BCUT2D eigenvalue weighted by molar-refractivity contribution is 5.85. The van der Waals surface area contributed by atoms with Gasteiger partial charge in [0.1, 0.15) is 11.4 Å². The van der Waals surface area contributed by atoms with Crippen LogP contribution in [0.25, 0.3) is 5.70 Å². The summed E-state index contributed by atoms with van der Waals surface area (Å²) in [5, 5.41) is 13.9. The number of para-hydroxylation sites is 1. The summed E-state index contributed by atoms with van der Waals surface area (Å²) < 4.78 is 38.3. The lowest BCUT2D eigenvalue weighted by atomic mass is 9.99. The molecule has 6 N–H and O–H groups in total. The number of anilines is 2.